The van der Waals surface area contributed by atoms with Gasteiger partial charge in [-0.15, -0.1) is 0 Å². The van der Waals surface area contributed by atoms with Crippen molar-refractivity contribution in [2.24, 2.45) is 5.84 Å². The third-order valence-electron chi connectivity index (χ3n) is 2.84. The lowest BCUT2D eigenvalue weighted by Crippen LogP contribution is -2.31. The molecule has 0 spiro atoms. The number of anilines is 2. The molecule has 1 rings (SSSR count). The van der Waals surface area contributed by atoms with E-state index >= 15 is 0 Å². The molecule has 0 saturated heterocycles. The zero-order valence-electron chi connectivity index (χ0n) is 12.0. The van der Waals surface area contributed by atoms with Crippen molar-refractivity contribution < 1.29 is 9.72 Å². The highest BCUT2D eigenvalue weighted by atomic mass is 16.6. The number of carbonyl (C=O) groups excluding carboxylic acids is 1. The van der Waals surface area contributed by atoms with Crippen LogP contribution >= 0.6 is 0 Å². The number of hydrazine groups is 1. The molecule has 0 aliphatic carbocycles. The Balaban J connectivity index is 2.70. The van der Waals surface area contributed by atoms with Gasteiger partial charge in [-0.25, -0.2) is 10.8 Å². The van der Waals surface area contributed by atoms with Crippen LogP contribution in [0, 0.1) is 10.1 Å². The van der Waals surface area contributed by atoms with Gasteiger partial charge in [0.2, 0.25) is 17.7 Å². The van der Waals surface area contributed by atoms with Gasteiger partial charge in [0.05, 0.1) is 4.92 Å². The molecule has 21 heavy (non-hydrogen) atoms. The molecule has 4 N–H and O–H groups in total. The summed E-state index contributed by atoms with van der Waals surface area (Å²) in [5.74, 6) is 5.21. The van der Waals surface area contributed by atoms with Gasteiger partial charge in [-0.3, -0.25) is 20.3 Å². The molecule has 1 amide bonds. The van der Waals surface area contributed by atoms with E-state index in [1.807, 2.05) is 13.8 Å². The second kappa shape index (κ2) is 7.94. The number of nitrogen functional groups attached to an aromatic ring is 1. The first-order valence-electron chi connectivity index (χ1n) is 6.53. The van der Waals surface area contributed by atoms with E-state index in [0.29, 0.717) is 13.1 Å². The predicted molar refractivity (Wildman–Crippen MR) is 77.5 cm³/mol. The molecule has 0 saturated carbocycles. The van der Waals surface area contributed by atoms with Gasteiger partial charge >= 0.3 is 5.69 Å². The highest BCUT2D eigenvalue weighted by Crippen LogP contribution is 2.21. The molecular weight excluding hydrogens is 278 g/mol. The molecule has 0 aliphatic rings. The average Bonchev–Trinajstić information content (AvgIpc) is 2.48. The average molecular weight is 297 g/mol. The zero-order valence-corrected chi connectivity index (χ0v) is 12.0. The fraction of sp³-hybridized carbons (Fsp3) is 0.545. The number of aromatic nitrogens is 2. The number of hydrogen-bond donors (Lipinski definition) is 3. The van der Waals surface area contributed by atoms with Crippen molar-refractivity contribution in [1.29, 1.82) is 0 Å². The van der Waals surface area contributed by atoms with Crippen molar-refractivity contribution in [2.75, 3.05) is 30.4 Å². The molecule has 10 nitrogen and oxygen atoms in total. The number of hydrogen-bond acceptors (Lipinski definition) is 8. The Morgan fingerprint density at radius 1 is 1.48 bits per heavy atom. The summed E-state index contributed by atoms with van der Waals surface area (Å²) < 4.78 is 0. The fourth-order valence-corrected chi connectivity index (χ4v) is 1.73. The van der Waals surface area contributed by atoms with Gasteiger partial charge in [0.25, 0.3) is 0 Å². The van der Waals surface area contributed by atoms with E-state index in [2.05, 4.69) is 20.7 Å². The molecule has 0 aromatic carbocycles. The minimum absolute atomic E-state index is 0.0234. The van der Waals surface area contributed by atoms with Crippen LogP contribution in [0.1, 0.15) is 20.3 Å². The molecule has 0 bridgehead atoms. The van der Waals surface area contributed by atoms with Crippen molar-refractivity contribution in [1.82, 2.24) is 14.9 Å². The second-order valence-electron chi connectivity index (χ2n) is 4.07. The van der Waals surface area contributed by atoms with Gasteiger partial charge in [-0.1, -0.05) is 0 Å². The summed E-state index contributed by atoms with van der Waals surface area (Å²) in [7, 11) is 0. The van der Waals surface area contributed by atoms with E-state index in [1.165, 1.54) is 0 Å². The van der Waals surface area contributed by atoms with Crippen molar-refractivity contribution >= 4 is 23.4 Å². The summed E-state index contributed by atoms with van der Waals surface area (Å²) in [5.41, 5.74) is 1.94. The number of amides is 1. The van der Waals surface area contributed by atoms with Crippen LogP contribution in [0.25, 0.3) is 0 Å². The van der Waals surface area contributed by atoms with Crippen molar-refractivity contribution in [2.45, 2.75) is 20.3 Å². The van der Waals surface area contributed by atoms with Gasteiger partial charge in [-0.05, 0) is 13.8 Å². The Hall–Kier alpha value is -2.49. The lowest BCUT2D eigenvalue weighted by atomic mass is 10.3. The molecule has 10 heteroatoms. The standard InChI is InChI=1S/C11H19N7O3/c1-3-17(4-2)9(19)5-6-13-10-8(18(20)21)7-14-11(15-10)16-12/h7H,3-6,12H2,1-2H3,(H2,13,14,15,16). The summed E-state index contributed by atoms with van der Waals surface area (Å²) in [5, 5.41) is 13.6. The maximum atomic E-state index is 11.8. The van der Waals surface area contributed by atoms with Crippen LogP contribution in [0.15, 0.2) is 6.20 Å². The van der Waals surface area contributed by atoms with Crippen molar-refractivity contribution in [3.63, 3.8) is 0 Å². The Morgan fingerprint density at radius 3 is 2.67 bits per heavy atom. The Bertz CT molecular complexity index is 505. The van der Waals surface area contributed by atoms with E-state index in [-0.39, 0.29) is 36.3 Å². The smallest absolute Gasteiger partial charge is 0.329 e. The number of carbonyl (C=O) groups is 1. The maximum absolute atomic E-state index is 11.8. The highest BCUT2D eigenvalue weighted by molar-refractivity contribution is 5.76. The number of nitrogens with two attached hydrogens (primary N) is 1. The highest BCUT2D eigenvalue weighted by Gasteiger charge is 2.17. The summed E-state index contributed by atoms with van der Waals surface area (Å²) in [4.78, 5) is 31.3. The SMILES string of the molecule is CCN(CC)C(=O)CCNc1nc(NN)ncc1[N+](=O)[O-]. The van der Waals surface area contributed by atoms with Crippen LogP contribution < -0.4 is 16.6 Å². The van der Waals surface area contributed by atoms with Crippen molar-refractivity contribution in [3.8, 4) is 0 Å². The first-order chi connectivity index (χ1) is 10.0. The number of nitro groups is 1. The first-order valence-corrected chi connectivity index (χ1v) is 6.53. The van der Waals surface area contributed by atoms with E-state index < -0.39 is 4.92 Å². The van der Waals surface area contributed by atoms with Gasteiger partial charge in [0.15, 0.2) is 0 Å². The van der Waals surface area contributed by atoms with Crippen LogP contribution in [0.3, 0.4) is 0 Å². The Morgan fingerprint density at radius 2 is 2.14 bits per heavy atom. The largest absolute Gasteiger partial charge is 0.364 e. The molecule has 0 fully saturated rings. The zero-order chi connectivity index (χ0) is 15.8. The van der Waals surface area contributed by atoms with Crippen LogP contribution in [0.2, 0.25) is 0 Å². The molecule has 0 radical (unpaired) electrons. The first kappa shape index (κ1) is 16.6. The van der Waals surface area contributed by atoms with Gasteiger partial charge in [0.1, 0.15) is 6.20 Å². The molecule has 0 atom stereocenters. The number of rotatable bonds is 8. The number of nitrogens with one attached hydrogen (secondary N) is 2. The van der Waals surface area contributed by atoms with Crippen LogP contribution in [-0.2, 0) is 4.79 Å². The third-order valence-corrected chi connectivity index (χ3v) is 2.84. The molecule has 0 unspecified atom stereocenters. The molecule has 1 aromatic rings. The molecule has 116 valence electrons. The maximum Gasteiger partial charge on any atom is 0.329 e. The summed E-state index contributed by atoms with van der Waals surface area (Å²) in [6, 6.07) is 0. The molecular formula is C11H19N7O3. The topological polar surface area (TPSA) is 139 Å². The fourth-order valence-electron chi connectivity index (χ4n) is 1.73. The molecule has 1 heterocycles. The minimum Gasteiger partial charge on any atom is -0.364 e. The quantitative estimate of drug-likeness (QED) is 0.354. The van der Waals surface area contributed by atoms with Gasteiger partial charge in [-0.2, -0.15) is 4.98 Å². The van der Waals surface area contributed by atoms with Crippen LogP contribution in [0.4, 0.5) is 17.5 Å². The van der Waals surface area contributed by atoms with E-state index in [0.717, 1.165) is 6.20 Å². The van der Waals surface area contributed by atoms with Gasteiger partial charge < -0.3 is 10.2 Å². The minimum atomic E-state index is -0.602. The van der Waals surface area contributed by atoms with Crippen molar-refractivity contribution in [3.05, 3.63) is 16.3 Å². The molecule has 1 aromatic heterocycles. The van der Waals surface area contributed by atoms with Crippen LogP contribution in [-0.4, -0.2) is 45.3 Å². The van der Waals surface area contributed by atoms with Gasteiger partial charge in [0, 0.05) is 26.1 Å². The lowest BCUT2D eigenvalue weighted by Gasteiger charge is -2.18. The van der Waals surface area contributed by atoms with Crippen LogP contribution in [0.5, 0.6) is 0 Å². The Kier molecular flexibility index (Phi) is 6.27. The Labute approximate surface area is 121 Å². The lowest BCUT2D eigenvalue weighted by molar-refractivity contribution is -0.384. The molecule has 0 aliphatic heterocycles. The predicted octanol–water partition coefficient (Wildman–Crippen LogP) is 0.341. The van der Waals surface area contributed by atoms with E-state index in [1.54, 1.807) is 4.90 Å². The normalized spacial score (nSPS) is 10.0. The monoisotopic (exact) mass is 297 g/mol. The third kappa shape index (κ3) is 4.53. The second-order valence-corrected chi connectivity index (χ2v) is 4.07. The summed E-state index contributed by atoms with van der Waals surface area (Å²) >= 11 is 0. The van der Waals surface area contributed by atoms with E-state index in [9.17, 15) is 14.9 Å². The summed E-state index contributed by atoms with van der Waals surface area (Å²) in [6.07, 6.45) is 1.27. The number of nitrogens with zero attached hydrogens (tertiary/aromatic N) is 4. The van der Waals surface area contributed by atoms with E-state index in [4.69, 9.17) is 5.84 Å². The summed E-state index contributed by atoms with van der Waals surface area (Å²) in [6.45, 7) is 5.28.